The molecule has 1 saturated heterocycles. The molecule has 147 valence electrons. The summed E-state index contributed by atoms with van der Waals surface area (Å²) in [6.07, 6.45) is 4.91. The van der Waals surface area contributed by atoms with Crippen molar-refractivity contribution in [3.05, 3.63) is 30.9 Å². The van der Waals surface area contributed by atoms with Crippen molar-refractivity contribution in [2.24, 2.45) is 11.7 Å². The summed E-state index contributed by atoms with van der Waals surface area (Å²) in [6.45, 7) is 1.46. The van der Waals surface area contributed by atoms with Gasteiger partial charge in [-0.2, -0.15) is 4.31 Å². The second kappa shape index (κ2) is 9.05. The Balaban J connectivity index is 1.98. The first-order valence-electron chi connectivity index (χ1n) is 8.57. The van der Waals surface area contributed by atoms with Gasteiger partial charge in [0, 0.05) is 24.9 Å². The van der Waals surface area contributed by atoms with Crippen LogP contribution in [0.15, 0.2) is 29.4 Å². The number of hydrogen-bond acceptors (Lipinski definition) is 6. The van der Waals surface area contributed by atoms with E-state index in [-0.39, 0.29) is 30.2 Å². The molecular weight excluding hydrogens is 372 g/mol. The molecule has 2 heterocycles. The molecule has 0 aromatic carbocycles. The van der Waals surface area contributed by atoms with Gasteiger partial charge < -0.3 is 11.1 Å². The molecule has 0 spiro atoms. The van der Waals surface area contributed by atoms with Crippen LogP contribution in [0.4, 0.5) is 0 Å². The maximum Gasteiger partial charge on any atom is 0.245 e. The molecule has 9 nitrogen and oxygen atoms in total. The van der Waals surface area contributed by atoms with Gasteiger partial charge in [-0.15, -0.1) is 0 Å². The number of sulfonamides is 1. The van der Waals surface area contributed by atoms with Crippen molar-refractivity contribution in [2.45, 2.75) is 37.1 Å². The molecule has 27 heavy (non-hydrogen) atoms. The third-order valence-electron chi connectivity index (χ3n) is 4.35. The predicted molar refractivity (Wildman–Crippen MR) is 96.4 cm³/mol. The van der Waals surface area contributed by atoms with Gasteiger partial charge in [0.05, 0.1) is 19.0 Å². The molecule has 2 atom stereocenters. The first-order valence-corrected chi connectivity index (χ1v) is 10.0. The lowest BCUT2D eigenvalue weighted by atomic mass is 10.0. The molecule has 1 fully saturated rings. The first-order chi connectivity index (χ1) is 12.7. The van der Waals surface area contributed by atoms with Crippen LogP contribution in [0, 0.1) is 12.3 Å². The number of nitrogens with zero attached hydrogens (tertiary/aromatic N) is 2. The number of carbonyl (C=O) groups is 3. The lowest BCUT2D eigenvalue weighted by Gasteiger charge is -2.19. The van der Waals surface area contributed by atoms with Gasteiger partial charge in [0.25, 0.3) is 0 Å². The fourth-order valence-corrected chi connectivity index (χ4v) is 4.04. The quantitative estimate of drug-likeness (QED) is 0.646. The Morgan fingerprint density at radius 2 is 2.22 bits per heavy atom. The third kappa shape index (κ3) is 5.57. The van der Waals surface area contributed by atoms with Crippen LogP contribution in [0.5, 0.6) is 0 Å². The summed E-state index contributed by atoms with van der Waals surface area (Å²) in [7, 11) is -3.82. The number of primary amides is 1. The summed E-state index contributed by atoms with van der Waals surface area (Å²) in [6, 6.07) is 2.16. The Morgan fingerprint density at radius 3 is 2.85 bits per heavy atom. The minimum atomic E-state index is -3.82. The van der Waals surface area contributed by atoms with E-state index >= 15 is 0 Å². The summed E-state index contributed by atoms with van der Waals surface area (Å²) in [5.41, 5.74) is 5.14. The van der Waals surface area contributed by atoms with Gasteiger partial charge in [-0.25, -0.2) is 8.42 Å². The minimum Gasteiger partial charge on any atom is -0.369 e. The van der Waals surface area contributed by atoms with Gasteiger partial charge in [0.2, 0.25) is 21.8 Å². The van der Waals surface area contributed by atoms with E-state index in [2.05, 4.69) is 10.3 Å². The maximum absolute atomic E-state index is 12.7. The molecule has 1 radical (unpaired) electrons. The van der Waals surface area contributed by atoms with Crippen LogP contribution in [-0.4, -0.2) is 54.4 Å². The molecule has 0 aliphatic carbocycles. The van der Waals surface area contributed by atoms with Gasteiger partial charge >= 0.3 is 0 Å². The Morgan fingerprint density at radius 1 is 1.48 bits per heavy atom. The van der Waals surface area contributed by atoms with E-state index in [0.717, 1.165) is 4.31 Å². The number of ketones is 1. The number of hydrogen-bond donors (Lipinski definition) is 2. The monoisotopic (exact) mass is 395 g/mol. The summed E-state index contributed by atoms with van der Waals surface area (Å²) in [4.78, 5) is 39.3. The van der Waals surface area contributed by atoms with Gasteiger partial charge in [-0.3, -0.25) is 19.4 Å². The SMILES string of the molecule is CC(C[CH]C(=O)N[C@H]1CCCN(S(=O)(=O)c2cccnc2)CC1=O)C(N)=O. The zero-order valence-corrected chi connectivity index (χ0v) is 15.8. The molecule has 2 rings (SSSR count). The summed E-state index contributed by atoms with van der Waals surface area (Å²) >= 11 is 0. The van der Waals surface area contributed by atoms with Gasteiger partial charge in [-0.1, -0.05) is 6.92 Å². The van der Waals surface area contributed by atoms with Gasteiger partial charge in [-0.05, 0) is 31.4 Å². The van der Waals surface area contributed by atoms with Crippen molar-refractivity contribution in [1.29, 1.82) is 0 Å². The standard InChI is InChI=1S/C17H23N4O5S/c1-12(17(18)24)6-7-16(23)20-14-5-3-9-21(11-15(14)22)27(25,26)13-4-2-8-19-10-13/h2,4,7-8,10,12,14H,3,5-6,9,11H2,1H3,(H2,18,24)(H,20,23)/t12?,14-/m0/s1. The number of Topliss-reactive ketones (excluding diaryl/α,β-unsaturated/α-hetero) is 1. The maximum atomic E-state index is 12.7. The van der Waals surface area contributed by atoms with Crippen molar-refractivity contribution in [3.63, 3.8) is 0 Å². The largest absolute Gasteiger partial charge is 0.369 e. The zero-order valence-electron chi connectivity index (χ0n) is 15.0. The van der Waals surface area contributed by atoms with Crippen LogP contribution in [0.2, 0.25) is 0 Å². The van der Waals surface area contributed by atoms with E-state index in [9.17, 15) is 22.8 Å². The van der Waals surface area contributed by atoms with E-state index in [0.29, 0.717) is 12.8 Å². The van der Waals surface area contributed by atoms with E-state index < -0.39 is 33.8 Å². The Hall–Kier alpha value is -2.33. The summed E-state index contributed by atoms with van der Waals surface area (Å²) in [5.74, 6) is -1.86. The summed E-state index contributed by atoms with van der Waals surface area (Å²) in [5, 5.41) is 2.58. The highest BCUT2D eigenvalue weighted by Gasteiger charge is 2.33. The van der Waals surface area contributed by atoms with Crippen molar-refractivity contribution < 1.29 is 22.8 Å². The van der Waals surface area contributed by atoms with Crippen molar-refractivity contribution in [2.75, 3.05) is 13.1 Å². The molecule has 1 unspecified atom stereocenters. The summed E-state index contributed by atoms with van der Waals surface area (Å²) < 4.78 is 26.4. The number of pyridine rings is 1. The highest BCUT2D eigenvalue weighted by molar-refractivity contribution is 7.89. The molecule has 0 bridgehead atoms. The molecule has 1 aromatic heterocycles. The topological polar surface area (TPSA) is 140 Å². The van der Waals surface area contributed by atoms with Crippen LogP contribution in [0.25, 0.3) is 0 Å². The van der Waals surface area contributed by atoms with Crippen molar-refractivity contribution in [1.82, 2.24) is 14.6 Å². The zero-order chi connectivity index (χ0) is 20.0. The normalized spacial score (nSPS) is 19.9. The second-order valence-corrected chi connectivity index (χ2v) is 8.38. The van der Waals surface area contributed by atoms with Gasteiger partial charge in [0.15, 0.2) is 5.78 Å². The number of rotatable bonds is 7. The average Bonchev–Trinajstić information content (AvgIpc) is 2.82. The molecule has 1 aromatic rings. The van der Waals surface area contributed by atoms with Gasteiger partial charge in [0.1, 0.15) is 4.90 Å². The van der Waals surface area contributed by atoms with Crippen molar-refractivity contribution >= 4 is 27.6 Å². The minimum absolute atomic E-state index is 0.0223. The van der Waals surface area contributed by atoms with E-state index in [4.69, 9.17) is 5.73 Å². The Labute approximate surface area is 158 Å². The average molecular weight is 395 g/mol. The molecule has 0 saturated carbocycles. The molecule has 10 heteroatoms. The Kier molecular flexibility index (Phi) is 7.03. The number of amides is 2. The van der Waals surface area contributed by atoms with E-state index in [1.54, 1.807) is 6.92 Å². The van der Waals surface area contributed by atoms with E-state index in [1.165, 1.54) is 30.9 Å². The van der Waals surface area contributed by atoms with Crippen molar-refractivity contribution in [3.8, 4) is 0 Å². The fourth-order valence-electron chi connectivity index (χ4n) is 2.63. The third-order valence-corrected chi connectivity index (χ3v) is 6.18. The second-order valence-electron chi connectivity index (χ2n) is 6.44. The lowest BCUT2D eigenvalue weighted by Crippen LogP contribution is -2.44. The van der Waals surface area contributed by atoms with Crippen LogP contribution in [-0.2, 0) is 24.4 Å². The molecule has 1 aliphatic rings. The lowest BCUT2D eigenvalue weighted by molar-refractivity contribution is -0.126. The first kappa shape index (κ1) is 21.0. The smallest absolute Gasteiger partial charge is 0.245 e. The molecule has 2 amide bonds. The highest BCUT2D eigenvalue weighted by Crippen LogP contribution is 2.18. The fraction of sp³-hybridized carbons (Fsp3) is 0.471. The predicted octanol–water partition coefficient (Wildman–Crippen LogP) is -0.364. The highest BCUT2D eigenvalue weighted by atomic mass is 32.2. The molecular formula is C17H23N4O5S. The molecule has 3 N–H and O–H groups in total. The number of nitrogens with one attached hydrogen (secondary N) is 1. The van der Waals surface area contributed by atoms with Crippen LogP contribution < -0.4 is 11.1 Å². The molecule has 1 aliphatic heterocycles. The van der Waals surface area contributed by atoms with Crippen LogP contribution in [0.1, 0.15) is 26.2 Å². The van der Waals surface area contributed by atoms with Crippen LogP contribution in [0.3, 0.4) is 0 Å². The van der Waals surface area contributed by atoms with E-state index in [1.807, 2.05) is 0 Å². The number of carbonyl (C=O) groups excluding carboxylic acids is 3. The van der Waals surface area contributed by atoms with Crippen LogP contribution >= 0.6 is 0 Å². The number of nitrogens with two attached hydrogens (primary N) is 1. The Bertz CT molecular complexity index is 797. The number of aromatic nitrogens is 1.